The lowest BCUT2D eigenvalue weighted by Crippen LogP contribution is -2.38. The highest BCUT2D eigenvalue weighted by molar-refractivity contribution is 5.95. The molecule has 1 aliphatic heterocycles. The predicted octanol–water partition coefficient (Wildman–Crippen LogP) is 2.87. The van der Waals surface area contributed by atoms with Gasteiger partial charge in [-0.1, -0.05) is 18.2 Å². The van der Waals surface area contributed by atoms with Gasteiger partial charge in [0, 0.05) is 17.8 Å². The third-order valence-corrected chi connectivity index (χ3v) is 4.09. The van der Waals surface area contributed by atoms with Gasteiger partial charge in [0.25, 0.3) is 5.91 Å². The molecular formula is C19H19NO4. The van der Waals surface area contributed by atoms with Crippen molar-refractivity contribution in [1.82, 2.24) is 0 Å². The maximum Gasteiger partial charge on any atom is 0.264 e. The molecule has 1 aliphatic rings. The van der Waals surface area contributed by atoms with Crippen molar-refractivity contribution in [1.29, 1.82) is 0 Å². The van der Waals surface area contributed by atoms with Gasteiger partial charge in [0.15, 0.2) is 18.1 Å². The number of benzene rings is 2. The predicted molar refractivity (Wildman–Crippen MR) is 91.0 cm³/mol. The monoisotopic (exact) mass is 325 g/mol. The molecule has 3 rings (SSSR count). The molecule has 0 spiro atoms. The summed E-state index contributed by atoms with van der Waals surface area (Å²) in [5, 5.41) is 0. The van der Waals surface area contributed by atoms with Crippen molar-refractivity contribution in [2.24, 2.45) is 0 Å². The minimum Gasteiger partial charge on any atom is -0.493 e. The van der Waals surface area contributed by atoms with Crippen LogP contribution in [0, 0.1) is 0 Å². The Hall–Kier alpha value is -2.82. The van der Waals surface area contributed by atoms with Gasteiger partial charge in [-0.25, -0.2) is 0 Å². The van der Waals surface area contributed by atoms with Gasteiger partial charge in [0.1, 0.15) is 6.29 Å². The summed E-state index contributed by atoms with van der Waals surface area (Å²) >= 11 is 0. The van der Waals surface area contributed by atoms with E-state index in [0.717, 1.165) is 24.8 Å². The Morgan fingerprint density at radius 1 is 1.21 bits per heavy atom. The summed E-state index contributed by atoms with van der Waals surface area (Å²) in [7, 11) is 1.50. The maximum absolute atomic E-state index is 12.6. The lowest BCUT2D eigenvalue weighted by atomic mass is 10.0. The van der Waals surface area contributed by atoms with E-state index in [1.807, 2.05) is 18.2 Å². The van der Waals surface area contributed by atoms with E-state index in [-0.39, 0.29) is 12.5 Å². The molecule has 1 heterocycles. The third kappa shape index (κ3) is 3.25. The summed E-state index contributed by atoms with van der Waals surface area (Å²) < 4.78 is 10.8. The second-order valence-corrected chi connectivity index (χ2v) is 5.59. The molecule has 5 heteroatoms. The number of amides is 1. The summed E-state index contributed by atoms with van der Waals surface area (Å²) in [5.74, 6) is 0.789. The van der Waals surface area contributed by atoms with E-state index < -0.39 is 0 Å². The summed E-state index contributed by atoms with van der Waals surface area (Å²) in [6.07, 6.45) is 2.67. The van der Waals surface area contributed by atoms with Gasteiger partial charge < -0.3 is 14.4 Å². The Morgan fingerprint density at radius 2 is 2.04 bits per heavy atom. The first-order valence-corrected chi connectivity index (χ1v) is 7.87. The van der Waals surface area contributed by atoms with Gasteiger partial charge in [-0.3, -0.25) is 9.59 Å². The topological polar surface area (TPSA) is 55.8 Å². The smallest absolute Gasteiger partial charge is 0.264 e. The van der Waals surface area contributed by atoms with Crippen LogP contribution >= 0.6 is 0 Å². The van der Waals surface area contributed by atoms with Crippen LogP contribution in [0.2, 0.25) is 0 Å². The van der Waals surface area contributed by atoms with E-state index in [9.17, 15) is 9.59 Å². The highest BCUT2D eigenvalue weighted by Gasteiger charge is 2.22. The molecule has 124 valence electrons. The number of methoxy groups -OCH3 is 1. The van der Waals surface area contributed by atoms with Crippen LogP contribution in [0.5, 0.6) is 11.5 Å². The first kappa shape index (κ1) is 16.1. The number of rotatable bonds is 5. The largest absolute Gasteiger partial charge is 0.493 e. The fraction of sp³-hybridized carbons (Fsp3) is 0.263. The van der Waals surface area contributed by atoms with E-state index in [1.165, 1.54) is 12.7 Å². The minimum absolute atomic E-state index is 0.0782. The molecule has 5 nitrogen and oxygen atoms in total. The number of ether oxygens (including phenoxy) is 2. The average molecular weight is 325 g/mol. The number of carbonyl (C=O) groups excluding carboxylic acids is 2. The van der Waals surface area contributed by atoms with E-state index in [4.69, 9.17) is 9.47 Å². The van der Waals surface area contributed by atoms with Gasteiger partial charge in [0.05, 0.1) is 7.11 Å². The molecule has 0 unspecified atom stereocenters. The lowest BCUT2D eigenvalue weighted by Gasteiger charge is -2.29. The number of para-hydroxylation sites is 1. The van der Waals surface area contributed by atoms with Crippen molar-refractivity contribution in [2.75, 3.05) is 25.2 Å². The van der Waals surface area contributed by atoms with Gasteiger partial charge in [-0.2, -0.15) is 0 Å². The van der Waals surface area contributed by atoms with E-state index in [2.05, 4.69) is 6.07 Å². The van der Waals surface area contributed by atoms with Gasteiger partial charge in [-0.15, -0.1) is 0 Å². The van der Waals surface area contributed by atoms with Crippen LogP contribution < -0.4 is 14.4 Å². The number of fused-ring (bicyclic) bond motifs is 1. The summed E-state index contributed by atoms with van der Waals surface area (Å²) in [6, 6.07) is 12.8. The molecular weight excluding hydrogens is 306 g/mol. The van der Waals surface area contributed by atoms with Crippen LogP contribution in [-0.4, -0.2) is 32.5 Å². The Bertz CT molecular complexity index is 757. The number of carbonyl (C=O) groups is 2. The van der Waals surface area contributed by atoms with Crippen LogP contribution in [-0.2, 0) is 11.2 Å². The highest BCUT2D eigenvalue weighted by Crippen LogP contribution is 2.29. The average Bonchev–Trinajstić information content (AvgIpc) is 2.65. The second kappa shape index (κ2) is 7.17. The fourth-order valence-electron chi connectivity index (χ4n) is 2.89. The quantitative estimate of drug-likeness (QED) is 0.793. The van der Waals surface area contributed by atoms with Crippen molar-refractivity contribution in [2.45, 2.75) is 12.8 Å². The zero-order chi connectivity index (χ0) is 16.9. The van der Waals surface area contributed by atoms with Crippen molar-refractivity contribution in [3.05, 3.63) is 53.6 Å². The standard InChI is InChI=1S/C19H19NO4/c1-23-18-11-14(12-21)8-9-17(18)24-13-19(22)20-10-4-6-15-5-2-3-7-16(15)20/h2-3,5,7-9,11-12H,4,6,10,13H2,1H3. The SMILES string of the molecule is COc1cc(C=O)ccc1OCC(=O)N1CCCc2ccccc21. The second-order valence-electron chi connectivity index (χ2n) is 5.59. The van der Waals surface area contributed by atoms with Crippen molar-refractivity contribution >= 4 is 17.9 Å². The molecule has 0 aromatic heterocycles. The van der Waals surface area contributed by atoms with Crippen molar-refractivity contribution in [3.8, 4) is 11.5 Å². The third-order valence-electron chi connectivity index (χ3n) is 4.09. The fourth-order valence-corrected chi connectivity index (χ4v) is 2.89. The van der Waals surface area contributed by atoms with Gasteiger partial charge in [0.2, 0.25) is 0 Å². The summed E-state index contributed by atoms with van der Waals surface area (Å²) in [5.41, 5.74) is 2.64. The zero-order valence-corrected chi connectivity index (χ0v) is 13.5. The summed E-state index contributed by atoms with van der Waals surface area (Å²) in [6.45, 7) is 0.617. The Morgan fingerprint density at radius 3 is 2.83 bits per heavy atom. The molecule has 24 heavy (non-hydrogen) atoms. The van der Waals surface area contributed by atoms with Crippen molar-refractivity contribution < 1.29 is 19.1 Å². The molecule has 1 amide bonds. The van der Waals surface area contributed by atoms with Crippen LogP contribution in [0.3, 0.4) is 0 Å². The first-order valence-electron chi connectivity index (χ1n) is 7.87. The Kier molecular flexibility index (Phi) is 4.79. The molecule has 0 aliphatic carbocycles. The van der Waals surface area contributed by atoms with Gasteiger partial charge >= 0.3 is 0 Å². The first-order chi connectivity index (χ1) is 11.7. The number of anilines is 1. The van der Waals surface area contributed by atoms with Gasteiger partial charge in [-0.05, 0) is 42.7 Å². The lowest BCUT2D eigenvalue weighted by molar-refractivity contribution is -0.120. The van der Waals surface area contributed by atoms with E-state index in [0.29, 0.717) is 23.6 Å². The van der Waals surface area contributed by atoms with Crippen LogP contribution in [0.15, 0.2) is 42.5 Å². The molecule has 0 atom stereocenters. The number of hydrogen-bond donors (Lipinski definition) is 0. The number of aryl methyl sites for hydroxylation is 1. The highest BCUT2D eigenvalue weighted by atomic mass is 16.5. The molecule has 0 radical (unpaired) electrons. The molecule has 0 bridgehead atoms. The van der Waals surface area contributed by atoms with E-state index >= 15 is 0 Å². The van der Waals surface area contributed by atoms with Crippen LogP contribution in [0.4, 0.5) is 5.69 Å². The maximum atomic E-state index is 12.6. The van der Waals surface area contributed by atoms with Crippen LogP contribution in [0.1, 0.15) is 22.3 Å². The molecule has 0 fully saturated rings. The summed E-state index contributed by atoms with van der Waals surface area (Å²) in [4.78, 5) is 25.1. The molecule has 2 aromatic carbocycles. The molecule has 0 saturated heterocycles. The van der Waals surface area contributed by atoms with Crippen molar-refractivity contribution in [3.63, 3.8) is 0 Å². The van der Waals surface area contributed by atoms with Crippen LogP contribution in [0.25, 0.3) is 0 Å². The Balaban J connectivity index is 1.72. The zero-order valence-electron chi connectivity index (χ0n) is 13.5. The molecule has 2 aromatic rings. The molecule has 0 N–H and O–H groups in total. The normalized spacial score (nSPS) is 13.1. The number of hydrogen-bond acceptors (Lipinski definition) is 4. The number of aldehydes is 1. The number of nitrogens with zero attached hydrogens (tertiary/aromatic N) is 1. The van der Waals surface area contributed by atoms with E-state index in [1.54, 1.807) is 23.1 Å². The molecule has 0 saturated carbocycles. The minimum atomic E-state index is -0.0938. The Labute approximate surface area is 140 Å².